The van der Waals surface area contributed by atoms with Crippen molar-refractivity contribution in [1.29, 1.82) is 0 Å². The number of nitrogens with two attached hydrogens (primary N) is 1. The van der Waals surface area contributed by atoms with E-state index in [1.165, 1.54) is 0 Å². The van der Waals surface area contributed by atoms with Gasteiger partial charge in [0.15, 0.2) is 0 Å². The maximum atomic E-state index is 6.37. The Hall–Kier alpha value is -0.0800. The number of rotatable bonds is 0. The van der Waals surface area contributed by atoms with Crippen LogP contribution in [-0.2, 0) is 0 Å². The third kappa shape index (κ3) is 1.80. The molecule has 0 aromatic heterocycles. The third-order valence-corrected chi connectivity index (χ3v) is 3.37. The van der Waals surface area contributed by atoms with Gasteiger partial charge in [0, 0.05) is 5.54 Å². The third-order valence-electron chi connectivity index (χ3n) is 3.37. The summed E-state index contributed by atoms with van der Waals surface area (Å²) in [5.41, 5.74) is 6.67. The van der Waals surface area contributed by atoms with Crippen LogP contribution in [0.4, 0.5) is 0 Å². The predicted molar refractivity (Wildman–Crippen MR) is 53.1 cm³/mol. The largest absolute Gasteiger partial charge is 0.325 e. The molecule has 1 saturated heterocycles. The molecule has 1 aliphatic heterocycles. The first-order chi connectivity index (χ1) is 5.35. The Morgan fingerprint density at radius 2 is 1.58 bits per heavy atom. The molecule has 0 bridgehead atoms. The highest BCUT2D eigenvalue weighted by Gasteiger charge is 2.39. The van der Waals surface area contributed by atoms with Crippen LogP contribution in [0.15, 0.2) is 0 Å². The molecule has 1 aliphatic rings. The molecule has 0 aromatic rings. The molecule has 0 amide bonds. The lowest BCUT2D eigenvalue weighted by molar-refractivity contribution is 0.0934. The lowest BCUT2D eigenvalue weighted by Gasteiger charge is -2.46. The van der Waals surface area contributed by atoms with Crippen molar-refractivity contribution in [2.75, 3.05) is 20.1 Å². The van der Waals surface area contributed by atoms with E-state index in [-0.39, 0.29) is 11.0 Å². The van der Waals surface area contributed by atoms with Gasteiger partial charge in [0.05, 0.1) is 0 Å². The van der Waals surface area contributed by atoms with Crippen molar-refractivity contribution >= 4 is 0 Å². The van der Waals surface area contributed by atoms with E-state index in [0.29, 0.717) is 0 Å². The van der Waals surface area contributed by atoms with E-state index in [1.54, 1.807) is 0 Å². The molecule has 1 heterocycles. The van der Waals surface area contributed by atoms with E-state index in [0.717, 1.165) is 25.9 Å². The molecule has 2 heteroatoms. The van der Waals surface area contributed by atoms with Crippen LogP contribution in [0, 0.1) is 5.41 Å². The van der Waals surface area contributed by atoms with Gasteiger partial charge in [-0.3, -0.25) is 0 Å². The lowest BCUT2D eigenvalue weighted by atomic mass is 9.69. The topological polar surface area (TPSA) is 29.3 Å². The second kappa shape index (κ2) is 3.00. The first kappa shape index (κ1) is 10.0. The summed E-state index contributed by atoms with van der Waals surface area (Å²) in [4.78, 5) is 2.36. The Balaban J connectivity index is 2.62. The average Bonchev–Trinajstić information content (AvgIpc) is 1.93. The highest BCUT2D eigenvalue weighted by Crippen LogP contribution is 2.35. The van der Waals surface area contributed by atoms with Crippen LogP contribution in [0.2, 0.25) is 0 Å². The van der Waals surface area contributed by atoms with Gasteiger partial charge in [-0.15, -0.1) is 0 Å². The van der Waals surface area contributed by atoms with Crippen LogP contribution in [0.3, 0.4) is 0 Å². The molecule has 1 fully saturated rings. The Kier molecular flexibility index (Phi) is 2.50. The highest BCUT2D eigenvalue weighted by molar-refractivity contribution is 4.98. The van der Waals surface area contributed by atoms with Crippen LogP contribution >= 0.6 is 0 Å². The van der Waals surface area contributed by atoms with E-state index in [4.69, 9.17) is 5.73 Å². The molecule has 72 valence electrons. The minimum atomic E-state index is 0.0551. The summed E-state index contributed by atoms with van der Waals surface area (Å²) in [7, 11) is 2.17. The van der Waals surface area contributed by atoms with Crippen molar-refractivity contribution in [2.45, 2.75) is 39.2 Å². The SMILES string of the molecule is CN1CCC(N)(C(C)(C)C)CC1. The molecule has 0 spiro atoms. The minimum Gasteiger partial charge on any atom is -0.325 e. The quantitative estimate of drug-likeness (QED) is 0.596. The van der Waals surface area contributed by atoms with Gasteiger partial charge < -0.3 is 10.6 Å². The molecule has 12 heavy (non-hydrogen) atoms. The van der Waals surface area contributed by atoms with Gasteiger partial charge >= 0.3 is 0 Å². The number of nitrogens with zero attached hydrogens (tertiary/aromatic N) is 1. The first-order valence-electron chi connectivity index (χ1n) is 4.83. The lowest BCUT2D eigenvalue weighted by Crippen LogP contribution is -2.57. The molecule has 0 unspecified atom stereocenters. The van der Waals surface area contributed by atoms with Crippen LogP contribution in [0.1, 0.15) is 33.6 Å². The Morgan fingerprint density at radius 1 is 1.17 bits per heavy atom. The molecule has 0 saturated carbocycles. The number of hydrogen-bond acceptors (Lipinski definition) is 2. The van der Waals surface area contributed by atoms with E-state index in [2.05, 4.69) is 32.7 Å². The number of likely N-dealkylation sites (tertiary alicyclic amines) is 1. The van der Waals surface area contributed by atoms with Crippen molar-refractivity contribution in [2.24, 2.45) is 11.1 Å². The normalized spacial score (nSPS) is 25.8. The summed E-state index contributed by atoms with van der Waals surface area (Å²) >= 11 is 0. The fourth-order valence-electron chi connectivity index (χ4n) is 1.77. The van der Waals surface area contributed by atoms with Crippen molar-refractivity contribution in [3.63, 3.8) is 0 Å². The standard InChI is InChI=1S/C10H22N2/c1-9(2,3)10(11)5-7-12(4)8-6-10/h5-8,11H2,1-4H3. The molecular weight excluding hydrogens is 148 g/mol. The van der Waals surface area contributed by atoms with Gasteiger partial charge in [0.1, 0.15) is 0 Å². The summed E-state index contributed by atoms with van der Waals surface area (Å²) in [6, 6.07) is 0. The fourth-order valence-corrected chi connectivity index (χ4v) is 1.77. The fraction of sp³-hybridized carbons (Fsp3) is 1.00. The minimum absolute atomic E-state index is 0.0551. The second-order valence-corrected chi connectivity index (χ2v) is 5.21. The molecule has 0 atom stereocenters. The zero-order valence-electron chi connectivity index (χ0n) is 8.85. The maximum Gasteiger partial charge on any atom is 0.0227 e. The van der Waals surface area contributed by atoms with Crippen LogP contribution in [0.5, 0.6) is 0 Å². The smallest absolute Gasteiger partial charge is 0.0227 e. The van der Waals surface area contributed by atoms with E-state index in [1.807, 2.05) is 0 Å². The zero-order chi connectivity index (χ0) is 9.41. The zero-order valence-corrected chi connectivity index (χ0v) is 8.85. The summed E-state index contributed by atoms with van der Waals surface area (Å²) in [5.74, 6) is 0. The summed E-state index contributed by atoms with van der Waals surface area (Å²) in [6.07, 6.45) is 2.26. The molecule has 2 nitrogen and oxygen atoms in total. The van der Waals surface area contributed by atoms with Gasteiger partial charge in [-0.05, 0) is 38.4 Å². The monoisotopic (exact) mass is 170 g/mol. The van der Waals surface area contributed by atoms with Gasteiger partial charge in [0.2, 0.25) is 0 Å². The molecule has 0 aliphatic carbocycles. The molecule has 0 radical (unpaired) electrons. The second-order valence-electron chi connectivity index (χ2n) is 5.21. The highest BCUT2D eigenvalue weighted by atomic mass is 15.1. The average molecular weight is 170 g/mol. The van der Waals surface area contributed by atoms with Crippen LogP contribution < -0.4 is 5.73 Å². The molecule has 1 rings (SSSR count). The molecule has 0 aromatic carbocycles. The van der Waals surface area contributed by atoms with Crippen molar-refractivity contribution in [1.82, 2.24) is 4.90 Å². The van der Waals surface area contributed by atoms with Gasteiger partial charge in [-0.25, -0.2) is 0 Å². The maximum absolute atomic E-state index is 6.37. The molecular formula is C10H22N2. The Labute approximate surface area is 76.1 Å². The van der Waals surface area contributed by atoms with Crippen molar-refractivity contribution in [3.05, 3.63) is 0 Å². The van der Waals surface area contributed by atoms with Gasteiger partial charge in [0.25, 0.3) is 0 Å². The summed E-state index contributed by atoms with van der Waals surface area (Å²) < 4.78 is 0. The summed E-state index contributed by atoms with van der Waals surface area (Å²) in [5, 5.41) is 0. The summed E-state index contributed by atoms with van der Waals surface area (Å²) in [6.45, 7) is 9.04. The van der Waals surface area contributed by atoms with Crippen LogP contribution in [0.25, 0.3) is 0 Å². The van der Waals surface area contributed by atoms with Crippen LogP contribution in [-0.4, -0.2) is 30.6 Å². The Bertz CT molecular complexity index is 150. The Morgan fingerprint density at radius 3 is 1.92 bits per heavy atom. The predicted octanol–water partition coefficient (Wildman–Crippen LogP) is 1.46. The van der Waals surface area contributed by atoms with Gasteiger partial charge in [-0.1, -0.05) is 20.8 Å². The van der Waals surface area contributed by atoms with Gasteiger partial charge in [-0.2, -0.15) is 0 Å². The van der Waals surface area contributed by atoms with Crippen molar-refractivity contribution < 1.29 is 0 Å². The first-order valence-corrected chi connectivity index (χ1v) is 4.83. The van der Waals surface area contributed by atoms with E-state index in [9.17, 15) is 0 Å². The molecule has 2 N–H and O–H groups in total. The number of hydrogen-bond donors (Lipinski definition) is 1. The van der Waals surface area contributed by atoms with Crippen molar-refractivity contribution in [3.8, 4) is 0 Å². The van der Waals surface area contributed by atoms with E-state index < -0.39 is 0 Å². The van der Waals surface area contributed by atoms with E-state index >= 15 is 0 Å². The number of piperidine rings is 1.